The fraction of sp³-hybridized carbons (Fsp3) is 0.318. The Bertz CT molecular complexity index is 1010. The van der Waals surface area contributed by atoms with E-state index >= 15 is 0 Å². The number of carbonyl (C=O) groups is 1. The van der Waals surface area contributed by atoms with Crippen LogP contribution in [0.5, 0.6) is 0 Å². The molecule has 1 aromatic carbocycles. The molecule has 0 spiro atoms. The molecule has 31 heavy (non-hydrogen) atoms. The second-order valence-corrected chi connectivity index (χ2v) is 9.30. The number of ether oxygens (including phenoxy) is 1. The molecule has 2 N–H and O–H groups in total. The number of hydrogen-bond donors (Lipinski definition) is 2. The predicted octanol–water partition coefficient (Wildman–Crippen LogP) is 5.16. The monoisotopic (exact) mass is 520 g/mol. The summed E-state index contributed by atoms with van der Waals surface area (Å²) >= 11 is 10.4. The molecule has 0 unspecified atom stereocenters. The molecule has 9 heteroatoms. The largest absolute Gasteiger partial charge is 0.462 e. The van der Waals surface area contributed by atoms with Gasteiger partial charge in [-0.1, -0.05) is 30.3 Å². The fourth-order valence-corrected chi connectivity index (χ4v) is 4.65. The summed E-state index contributed by atoms with van der Waals surface area (Å²) in [4.78, 5) is 13.5. The Labute approximate surface area is 200 Å². The van der Waals surface area contributed by atoms with Crippen LogP contribution in [0.15, 0.2) is 47.1 Å². The number of esters is 1. The van der Waals surface area contributed by atoms with Gasteiger partial charge in [-0.05, 0) is 60.0 Å². The maximum Gasteiger partial charge on any atom is 0.341 e. The number of benzene rings is 1. The van der Waals surface area contributed by atoms with Gasteiger partial charge in [0.25, 0.3) is 0 Å². The maximum atomic E-state index is 12.4. The minimum absolute atomic E-state index is 0.327. The number of aromatic nitrogens is 2. The van der Waals surface area contributed by atoms with E-state index in [1.165, 1.54) is 16.9 Å². The van der Waals surface area contributed by atoms with E-state index in [0.29, 0.717) is 28.8 Å². The van der Waals surface area contributed by atoms with Crippen LogP contribution in [0.25, 0.3) is 0 Å². The minimum atomic E-state index is -0.344. The van der Waals surface area contributed by atoms with Gasteiger partial charge in [0.15, 0.2) is 5.11 Å². The molecular formula is C22H25BrN4O2S2. The van der Waals surface area contributed by atoms with Crippen molar-refractivity contribution in [3.05, 3.63) is 68.8 Å². The first-order valence-corrected chi connectivity index (χ1v) is 12.1. The highest BCUT2D eigenvalue weighted by molar-refractivity contribution is 9.10. The van der Waals surface area contributed by atoms with Crippen LogP contribution in [0.3, 0.4) is 0 Å². The fourth-order valence-electron chi connectivity index (χ4n) is 2.98. The second kappa shape index (κ2) is 11.4. The van der Waals surface area contributed by atoms with Crippen molar-refractivity contribution in [2.24, 2.45) is 0 Å². The van der Waals surface area contributed by atoms with Crippen LogP contribution in [0.4, 0.5) is 5.00 Å². The van der Waals surface area contributed by atoms with E-state index in [1.54, 1.807) is 6.92 Å². The number of thiocarbonyl (C=S) groups is 1. The van der Waals surface area contributed by atoms with E-state index in [-0.39, 0.29) is 5.97 Å². The number of anilines is 1. The number of rotatable bonds is 9. The van der Waals surface area contributed by atoms with Crippen molar-refractivity contribution in [3.8, 4) is 0 Å². The van der Waals surface area contributed by atoms with Crippen molar-refractivity contribution in [1.82, 2.24) is 15.1 Å². The van der Waals surface area contributed by atoms with E-state index in [1.807, 2.05) is 42.1 Å². The van der Waals surface area contributed by atoms with E-state index in [4.69, 9.17) is 17.0 Å². The number of carbonyl (C=O) groups excluding carboxylic acids is 1. The number of nitrogens with one attached hydrogen (secondary N) is 2. The first-order chi connectivity index (χ1) is 15.0. The SMILES string of the molecule is CCOC(=O)c1cc(Cc2ccccc2)sc1NC(=S)NCCCn1cc(Br)c(C)n1. The average molecular weight is 522 g/mol. The third-order valence-corrected chi connectivity index (χ3v) is 6.54. The molecule has 0 saturated heterocycles. The molecule has 2 aromatic heterocycles. The molecule has 0 aliphatic carbocycles. The minimum Gasteiger partial charge on any atom is -0.462 e. The summed E-state index contributed by atoms with van der Waals surface area (Å²) < 4.78 is 8.14. The molecule has 0 saturated carbocycles. The van der Waals surface area contributed by atoms with Crippen molar-refractivity contribution in [2.45, 2.75) is 33.2 Å². The van der Waals surface area contributed by atoms with Crippen LogP contribution in [0.2, 0.25) is 0 Å². The third-order valence-electron chi connectivity index (χ3n) is 4.46. The molecule has 6 nitrogen and oxygen atoms in total. The second-order valence-electron chi connectivity index (χ2n) is 6.90. The maximum absolute atomic E-state index is 12.4. The summed E-state index contributed by atoms with van der Waals surface area (Å²) in [5, 5.41) is 12.0. The zero-order chi connectivity index (χ0) is 22.2. The standard InChI is InChI=1S/C22H25BrN4O2S2/c1-3-29-21(28)18-13-17(12-16-8-5-4-6-9-16)31-20(18)25-22(30)24-10-7-11-27-14-19(23)15(2)26-27/h4-6,8-9,13-14H,3,7,10-12H2,1-2H3,(H2,24,25,30). The number of halogens is 1. The van der Waals surface area contributed by atoms with Crippen LogP contribution < -0.4 is 10.6 Å². The number of nitrogens with zero attached hydrogens (tertiary/aromatic N) is 2. The van der Waals surface area contributed by atoms with Crippen molar-refractivity contribution in [2.75, 3.05) is 18.5 Å². The van der Waals surface area contributed by atoms with Gasteiger partial charge in [0.1, 0.15) is 5.00 Å². The average Bonchev–Trinajstić information content (AvgIpc) is 3.28. The van der Waals surface area contributed by atoms with Crippen LogP contribution >= 0.6 is 39.5 Å². The number of thiophene rings is 1. The quantitative estimate of drug-likeness (QED) is 0.230. The smallest absolute Gasteiger partial charge is 0.341 e. The van der Waals surface area contributed by atoms with Crippen LogP contribution in [-0.2, 0) is 17.7 Å². The lowest BCUT2D eigenvalue weighted by Crippen LogP contribution is -2.30. The Morgan fingerprint density at radius 3 is 2.77 bits per heavy atom. The summed E-state index contributed by atoms with van der Waals surface area (Å²) in [7, 11) is 0. The molecular weight excluding hydrogens is 496 g/mol. The molecule has 0 fully saturated rings. The van der Waals surface area contributed by atoms with E-state index < -0.39 is 0 Å². The Kier molecular flexibility index (Phi) is 8.62. The Morgan fingerprint density at radius 2 is 2.10 bits per heavy atom. The van der Waals surface area contributed by atoms with Gasteiger partial charge >= 0.3 is 5.97 Å². The molecule has 0 atom stereocenters. The molecule has 3 aromatic rings. The summed E-state index contributed by atoms with van der Waals surface area (Å²) in [6.45, 7) is 5.57. The van der Waals surface area contributed by atoms with Crippen molar-refractivity contribution >= 4 is 55.6 Å². The first-order valence-electron chi connectivity index (χ1n) is 10.0. The topological polar surface area (TPSA) is 68.2 Å². The van der Waals surface area contributed by atoms with Gasteiger partial charge in [-0.3, -0.25) is 4.68 Å². The number of aryl methyl sites for hydroxylation is 2. The van der Waals surface area contributed by atoms with Crippen LogP contribution in [-0.4, -0.2) is 34.0 Å². The summed E-state index contributed by atoms with van der Waals surface area (Å²) in [5.74, 6) is -0.344. The summed E-state index contributed by atoms with van der Waals surface area (Å²) in [5.41, 5.74) is 2.67. The molecule has 2 heterocycles. The molecule has 0 radical (unpaired) electrons. The lowest BCUT2D eigenvalue weighted by molar-refractivity contribution is 0.0528. The lowest BCUT2D eigenvalue weighted by Gasteiger charge is -2.10. The van der Waals surface area contributed by atoms with E-state index in [2.05, 4.69) is 43.8 Å². The van der Waals surface area contributed by atoms with Crippen LogP contribution in [0, 0.1) is 6.92 Å². The summed E-state index contributed by atoms with van der Waals surface area (Å²) in [6, 6.07) is 12.0. The zero-order valence-electron chi connectivity index (χ0n) is 17.5. The lowest BCUT2D eigenvalue weighted by atomic mass is 10.1. The molecule has 3 rings (SSSR count). The highest BCUT2D eigenvalue weighted by atomic mass is 79.9. The van der Waals surface area contributed by atoms with Crippen molar-refractivity contribution < 1.29 is 9.53 Å². The Balaban J connectivity index is 1.58. The zero-order valence-corrected chi connectivity index (χ0v) is 20.7. The van der Waals surface area contributed by atoms with Crippen LogP contribution in [0.1, 0.15) is 39.8 Å². The molecule has 0 aliphatic rings. The van der Waals surface area contributed by atoms with Gasteiger partial charge < -0.3 is 15.4 Å². The van der Waals surface area contributed by atoms with Gasteiger partial charge in [0.2, 0.25) is 0 Å². The molecule has 0 bridgehead atoms. The molecule has 164 valence electrons. The highest BCUT2D eigenvalue weighted by Crippen LogP contribution is 2.30. The molecule has 0 aliphatic heterocycles. The van der Waals surface area contributed by atoms with Gasteiger partial charge in [-0.15, -0.1) is 11.3 Å². The van der Waals surface area contributed by atoms with E-state index in [0.717, 1.165) is 34.4 Å². The highest BCUT2D eigenvalue weighted by Gasteiger charge is 2.18. The van der Waals surface area contributed by atoms with Gasteiger partial charge in [0.05, 0.1) is 22.3 Å². The van der Waals surface area contributed by atoms with Gasteiger partial charge in [0, 0.05) is 30.6 Å². The Hall–Kier alpha value is -2.23. The number of hydrogen-bond acceptors (Lipinski definition) is 5. The van der Waals surface area contributed by atoms with Gasteiger partial charge in [-0.2, -0.15) is 5.10 Å². The first kappa shape index (κ1) is 23.4. The normalized spacial score (nSPS) is 10.7. The third kappa shape index (κ3) is 6.88. The summed E-state index contributed by atoms with van der Waals surface area (Å²) in [6.07, 6.45) is 3.58. The van der Waals surface area contributed by atoms with Crippen molar-refractivity contribution in [1.29, 1.82) is 0 Å². The Morgan fingerprint density at radius 1 is 1.32 bits per heavy atom. The molecule has 0 amide bonds. The van der Waals surface area contributed by atoms with Crippen molar-refractivity contribution in [3.63, 3.8) is 0 Å². The van der Waals surface area contributed by atoms with E-state index in [9.17, 15) is 4.79 Å². The predicted molar refractivity (Wildman–Crippen MR) is 133 cm³/mol. The van der Waals surface area contributed by atoms with Gasteiger partial charge in [-0.25, -0.2) is 4.79 Å².